The summed E-state index contributed by atoms with van der Waals surface area (Å²) in [4.78, 5) is 27.3. The maximum Gasteiger partial charge on any atom is 0.336 e. The first kappa shape index (κ1) is 21.6. The molecule has 2 aromatic carbocycles. The first-order valence-corrected chi connectivity index (χ1v) is 9.89. The van der Waals surface area contributed by atoms with E-state index in [1.54, 1.807) is 55.4 Å². The normalized spacial score (nSPS) is 14.1. The quantitative estimate of drug-likeness (QED) is 0.606. The number of esters is 2. The van der Waals surface area contributed by atoms with Gasteiger partial charge in [-0.2, -0.15) is 0 Å². The number of halogens is 2. The van der Waals surface area contributed by atoms with E-state index in [9.17, 15) is 14.0 Å². The van der Waals surface area contributed by atoms with Gasteiger partial charge in [-0.05, 0) is 49.7 Å². The van der Waals surface area contributed by atoms with Crippen molar-refractivity contribution < 1.29 is 23.5 Å². The largest absolute Gasteiger partial charge is 0.463 e. The average molecular weight is 430 g/mol. The maximum atomic E-state index is 13.5. The number of ether oxygens (including phenoxy) is 2. The van der Waals surface area contributed by atoms with Gasteiger partial charge < -0.3 is 14.4 Å². The molecule has 0 fully saturated rings. The van der Waals surface area contributed by atoms with Gasteiger partial charge in [-0.15, -0.1) is 0 Å². The first-order chi connectivity index (χ1) is 14.4. The van der Waals surface area contributed by atoms with Crippen molar-refractivity contribution in [1.29, 1.82) is 0 Å². The summed E-state index contributed by atoms with van der Waals surface area (Å²) in [7, 11) is 0. The Morgan fingerprint density at radius 3 is 2.03 bits per heavy atom. The number of hydrogen-bond acceptors (Lipinski definition) is 5. The van der Waals surface area contributed by atoms with Gasteiger partial charge in [0, 0.05) is 23.1 Å². The van der Waals surface area contributed by atoms with Crippen LogP contribution in [-0.2, 0) is 19.1 Å². The summed E-state index contributed by atoms with van der Waals surface area (Å²) in [5, 5.41) is 0.505. The molecule has 0 atom stereocenters. The molecule has 1 aliphatic heterocycles. The lowest BCUT2D eigenvalue weighted by Gasteiger charge is -2.30. The molecule has 0 amide bonds. The third kappa shape index (κ3) is 4.71. The molecule has 1 aliphatic rings. The van der Waals surface area contributed by atoms with Crippen LogP contribution >= 0.6 is 11.6 Å². The van der Waals surface area contributed by atoms with Crippen molar-refractivity contribution in [2.75, 3.05) is 18.1 Å². The molecular formula is C23H21ClFNO4. The Balaban J connectivity index is 2.17. The Bertz CT molecular complexity index is 965. The highest BCUT2D eigenvalue weighted by Gasteiger charge is 2.35. The molecule has 30 heavy (non-hydrogen) atoms. The van der Waals surface area contributed by atoms with Crippen LogP contribution in [0.3, 0.4) is 0 Å². The van der Waals surface area contributed by atoms with Crippen molar-refractivity contribution in [3.8, 4) is 0 Å². The SMILES string of the molecule is CCOC(=O)C1=CN(c2cccc(Cl)c2)C=C(C(=O)OCC)C1c1ccc(F)cc1. The van der Waals surface area contributed by atoms with Crippen LogP contribution in [0.2, 0.25) is 5.02 Å². The van der Waals surface area contributed by atoms with Crippen LogP contribution in [0.5, 0.6) is 0 Å². The molecule has 0 aromatic heterocycles. The monoisotopic (exact) mass is 429 g/mol. The predicted molar refractivity (Wildman–Crippen MR) is 113 cm³/mol. The van der Waals surface area contributed by atoms with E-state index >= 15 is 0 Å². The van der Waals surface area contributed by atoms with Gasteiger partial charge in [0.1, 0.15) is 5.82 Å². The molecule has 0 spiro atoms. The lowest BCUT2D eigenvalue weighted by Crippen LogP contribution is -2.29. The van der Waals surface area contributed by atoms with Crippen LogP contribution in [0.25, 0.3) is 0 Å². The minimum absolute atomic E-state index is 0.169. The van der Waals surface area contributed by atoms with E-state index in [4.69, 9.17) is 21.1 Å². The second-order valence-corrected chi connectivity index (χ2v) is 6.92. The minimum atomic E-state index is -0.765. The molecule has 1 heterocycles. The van der Waals surface area contributed by atoms with Crippen molar-refractivity contribution in [2.24, 2.45) is 0 Å². The molecule has 3 rings (SSSR count). The van der Waals surface area contributed by atoms with E-state index in [0.717, 1.165) is 0 Å². The Labute approximate surface area is 179 Å². The third-order valence-corrected chi connectivity index (χ3v) is 4.75. The summed E-state index contributed by atoms with van der Waals surface area (Å²) in [5.74, 6) is -2.33. The van der Waals surface area contributed by atoms with Crippen LogP contribution in [-0.4, -0.2) is 25.2 Å². The van der Waals surface area contributed by atoms with E-state index in [1.807, 2.05) is 0 Å². The van der Waals surface area contributed by atoms with E-state index in [1.165, 1.54) is 24.3 Å². The number of nitrogens with zero attached hydrogens (tertiary/aromatic N) is 1. The van der Waals surface area contributed by atoms with E-state index in [-0.39, 0.29) is 24.4 Å². The Kier molecular flexibility index (Phi) is 6.90. The fourth-order valence-electron chi connectivity index (χ4n) is 3.22. The molecular weight excluding hydrogens is 409 g/mol. The van der Waals surface area contributed by atoms with Gasteiger partial charge >= 0.3 is 11.9 Å². The molecule has 2 aromatic rings. The van der Waals surface area contributed by atoms with Gasteiger partial charge in [0.05, 0.1) is 30.3 Å². The van der Waals surface area contributed by atoms with Gasteiger partial charge in [0.25, 0.3) is 0 Å². The molecule has 0 saturated carbocycles. The topological polar surface area (TPSA) is 55.8 Å². The number of anilines is 1. The lowest BCUT2D eigenvalue weighted by molar-refractivity contribution is -0.139. The zero-order valence-corrected chi connectivity index (χ0v) is 17.4. The first-order valence-electron chi connectivity index (χ1n) is 9.51. The second-order valence-electron chi connectivity index (χ2n) is 6.48. The summed E-state index contributed by atoms with van der Waals surface area (Å²) in [5.41, 5.74) is 1.69. The summed E-state index contributed by atoms with van der Waals surface area (Å²) in [6.45, 7) is 3.74. The highest BCUT2D eigenvalue weighted by Crippen LogP contribution is 2.38. The summed E-state index contributed by atoms with van der Waals surface area (Å²) in [6.07, 6.45) is 3.20. The molecule has 0 radical (unpaired) electrons. The van der Waals surface area contributed by atoms with Gasteiger partial charge in [-0.1, -0.05) is 29.8 Å². The van der Waals surface area contributed by atoms with Crippen molar-refractivity contribution in [3.63, 3.8) is 0 Å². The Hall–Kier alpha value is -3.12. The van der Waals surface area contributed by atoms with Crippen molar-refractivity contribution in [1.82, 2.24) is 0 Å². The summed E-state index contributed by atoms with van der Waals surface area (Å²) >= 11 is 6.11. The number of carbonyl (C=O) groups is 2. The van der Waals surface area contributed by atoms with Crippen LogP contribution < -0.4 is 4.90 Å². The Morgan fingerprint density at radius 2 is 1.53 bits per heavy atom. The molecule has 5 nitrogen and oxygen atoms in total. The molecule has 0 N–H and O–H groups in total. The number of benzene rings is 2. The van der Waals surface area contributed by atoms with Crippen molar-refractivity contribution >= 4 is 29.2 Å². The van der Waals surface area contributed by atoms with E-state index in [2.05, 4.69) is 0 Å². The lowest BCUT2D eigenvalue weighted by atomic mass is 9.83. The van der Waals surface area contributed by atoms with Crippen LogP contribution in [0.1, 0.15) is 25.3 Å². The zero-order chi connectivity index (χ0) is 21.7. The molecule has 0 bridgehead atoms. The predicted octanol–water partition coefficient (Wildman–Crippen LogP) is 4.98. The average Bonchev–Trinajstić information content (AvgIpc) is 2.74. The van der Waals surface area contributed by atoms with Crippen LogP contribution in [0, 0.1) is 5.82 Å². The highest BCUT2D eigenvalue weighted by atomic mass is 35.5. The smallest absolute Gasteiger partial charge is 0.336 e. The molecule has 0 aliphatic carbocycles. The molecule has 0 unspecified atom stereocenters. The molecule has 156 valence electrons. The standard InChI is InChI=1S/C23H21ClFNO4/c1-3-29-22(27)19-13-26(18-7-5-6-16(24)12-18)14-20(23(28)30-4-2)21(19)15-8-10-17(25)11-9-15/h5-14,21H,3-4H2,1-2H3. The van der Waals surface area contributed by atoms with Crippen molar-refractivity contribution in [2.45, 2.75) is 19.8 Å². The second kappa shape index (κ2) is 9.59. The van der Waals surface area contributed by atoms with Gasteiger partial charge in [0.2, 0.25) is 0 Å². The molecule has 0 saturated heterocycles. The number of carbonyl (C=O) groups excluding carboxylic acids is 2. The summed E-state index contributed by atoms with van der Waals surface area (Å²) in [6, 6.07) is 12.6. The fraction of sp³-hybridized carbons (Fsp3) is 0.217. The van der Waals surface area contributed by atoms with Crippen molar-refractivity contribution in [3.05, 3.63) is 88.5 Å². The van der Waals surface area contributed by atoms with Crippen LogP contribution in [0.4, 0.5) is 10.1 Å². The maximum absolute atomic E-state index is 13.5. The minimum Gasteiger partial charge on any atom is -0.463 e. The molecule has 7 heteroatoms. The van der Waals surface area contributed by atoms with E-state index < -0.39 is 23.7 Å². The third-order valence-electron chi connectivity index (χ3n) is 4.51. The Morgan fingerprint density at radius 1 is 0.967 bits per heavy atom. The fourth-order valence-corrected chi connectivity index (χ4v) is 3.41. The van der Waals surface area contributed by atoms with E-state index in [0.29, 0.717) is 16.3 Å². The van der Waals surface area contributed by atoms with Gasteiger partial charge in [-0.3, -0.25) is 0 Å². The van der Waals surface area contributed by atoms with Crippen LogP contribution in [0.15, 0.2) is 72.1 Å². The van der Waals surface area contributed by atoms with Gasteiger partial charge in [-0.25, -0.2) is 14.0 Å². The van der Waals surface area contributed by atoms with Gasteiger partial charge in [0.15, 0.2) is 0 Å². The number of rotatable bonds is 6. The zero-order valence-electron chi connectivity index (χ0n) is 16.6. The summed E-state index contributed by atoms with van der Waals surface area (Å²) < 4.78 is 24.0. The highest BCUT2D eigenvalue weighted by molar-refractivity contribution is 6.30. The number of hydrogen-bond donors (Lipinski definition) is 0.